The minimum Gasteiger partial charge on any atom is -0.455 e. The van der Waals surface area contributed by atoms with Gasteiger partial charge in [-0.1, -0.05) is 0 Å². The molecule has 3 heterocycles. The highest BCUT2D eigenvalue weighted by Crippen LogP contribution is 2.39. The van der Waals surface area contributed by atoms with Gasteiger partial charge >= 0.3 is 5.97 Å². The molecule has 6 heteroatoms. The van der Waals surface area contributed by atoms with Crippen LogP contribution in [0.4, 0.5) is 0 Å². The zero-order valence-electron chi connectivity index (χ0n) is 11.0. The van der Waals surface area contributed by atoms with Crippen molar-refractivity contribution in [2.45, 2.75) is 63.7 Å². The molecule has 3 unspecified atom stereocenters. The first kappa shape index (κ1) is 12.3. The Morgan fingerprint density at radius 3 is 2.33 bits per heavy atom. The van der Waals surface area contributed by atoms with E-state index in [4.69, 9.17) is 23.7 Å². The van der Waals surface area contributed by atoms with Gasteiger partial charge in [0.25, 0.3) is 0 Å². The highest BCUT2D eigenvalue weighted by molar-refractivity contribution is 5.78. The van der Waals surface area contributed by atoms with Gasteiger partial charge in [-0.2, -0.15) is 0 Å². The van der Waals surface area contributed by atoms with Gasteiger partial charge in [-0.25, -0.2) is 4.79 Å². The van der Waals surface area contributed by atoms with Crippen LogP contribution in [0.15, 0.2) is 0 Å². The van der Waals surface area contributed by atoms with Crippen LogP contribution < -0.4 is 0 Å². The van der Waals surface area contributed by atoms with Gasteiger partial charge in [-0.15, -0.1) is 0 Å². The molecule has 3 saturated heterocycles. The van der Waals surface area contributed by atoms with Crippen molar-refractivity contribution in [3.8, 4) is 0 Å². The van der Waals surface area contributed by atoms with Crippen molar-refractivity contribution in [1.82, 2.24) is 0 Å². The van der Waals surface area contributed by atoms with Crippen LogP contribution in [0.1, 0.15) is 27.7 Å². The number of rotatable bonds is 1. The highest BCUT2D eigenvalue weighted by Gasteiger charge is 2.59. The molecule has 18 heavy (non-hydrogen) atoms. The molecule has 3 rings (SSSR count). The van der Waals surface area contributed by atoms with E-state index in [0.717, 1.165) is 0 Å². The van der Waals surface area contributed by atoms with Crippen molar-refractivity contribution >= 4 is 5.97 Å². The Bertz CT molecular complexity index is 377. The molecule has 0 amide bonds. The number of ether oxygens (including phenoxy) is 5. The second-order valence-corrected chi connectivity index (χ2v) is 5.79. The Kier molecular flexibility index (Phi) is 2.51. The molecule has 0 aromatic carbocycles. The molecule has 0 aromatic rings. The van der Waals surface area contributed by atoms with Gasteiger partial charge < -0.3 is 23.7 Å². The number of carbonyl (C=O) groups is 1. The second kappa shape index (κ2) is 3.66. The number of esters is 1. The number of cyclic esters (lactones) is 1. The van der Waals surface area contributed by atoms with Crippen LogP contribution in [0.5, 0.6) is 0 Å². The third-order valence-corrected chi connectivity index (χ3v) is 3.33. The maximum atomic E-state index is 11.7. The molecule has 3 aliphatic heterocycles. The third-order valence-electron chi connectivity index (χ3n) is 3.33. The zero-order chi connectivity index (χ0) is 13.1. The second-order valence-electron chi connectivity index (χ2n) is 5.79. The van der Waals surface area contributed by atoms with Crippen molar-refractivity contribution in [2.75, 3.05) is 6.61 Å². The average Bonchev–Trinajstić information content (AvgIpc) is 2.81. The largest absolute Gasteiger partial charge is 0.455 e. The van der Waals surface area contributed by atoms with Gasteiger partial charge in [-0.3, -0.25) is 0 Å². The Morgan fingerprint density at radius 1 is 1.00 bits per heavy atom. The standard InChI is InChI=1S/C12H18O6/c1-11(2)14-5-6(16-11)7-8-9(10(13)15-7)18-12(3,4)17-8/h6-9H,5H2,1-4H3/t6-,7?,8?,9?/m0/s1. The molecule has 102 valence electrons. The summed E-state index contributed by atoms with van der Waals surface area (Å²) in [6.07, 6.45) is -1.85. The molecule has 0 bridgehead atoms. The predicted molar refractivity (Wildman–Crippen MR) is 58.6 cm³/mol. The number of carbonyl (C=O) groups excluding carboxylic acids is 1. The number of hydrogen-bond donors (Lipinski definition) is 0. The summed E-state index contributed by atoms with van der Waals surface area (Å²) in [4.78, 5) is 11.7. The molecular weight excluding hydrogens is 240 g/mol. The molecule has 6 nitrogen and oxygen atoms in total. The summed E-state index contributed by atoms with van der Waals surface area (Å²) in [5.74, 6) is -1.80. The molecule has 3 fully saturated rings. The minimum absolute atomic E-state index is 0.309. The minimum atomic E-state index is -0.762. The van der Waals surface area contributed by atoms with E-state index in [-0.39, 0.29) is 12.1 Å². The fourth-order valence-corrected chi connectivity index (χ4v) is 2.64. The molecule has 0 spiro atoms. The lowest BCUT2D eigenvalue weighted by atomic mass is 10.1. The smallest absolute Gasteiger partial charge is 0.338 e. The van der Waals surface area contributed by atoms with E-state index in [9.17, 15) is 4.79 Å². The van der Waals surface area contributed by atoms with E-state index in [1.54, 1.807) is 13.8 Å². The van der Waals surface area contributed by atoms with Crippen LogP contribution in [-0.2, 0) is 28.5 Å². The molecule has 3 aliphatic rings. The topological polar surface area (TPSA) is 63.2 Å². The van der Waals surface area contributed by atoms with Gasteiger partial charge in [0.1, 0.15) is 12.2 Å². The summed E-state index contributed by atoms with van der Waals surface area (Å²) >= 11 is 0. The normalized spacial score (nSPS) is 45.0. The maximum Gasteiger partial charge on any atom is 0.338 e. The molecule has 4 atom stereocenters. The van der Waals surface area contributed by atoms with Crippen LogP contribution in [0.2, 0.25) is 0 Å². The van der Waals surface area contributed by atoms with Crippen molar-refractivity contribution in [1.29, 1.82) is 0 Å². The van der Waals surface area contributed by atoms with Gasteiger partial charge in [0.2, 0.25) is 0 Å². The van der Waals surface area contributed by atoms with Crippen LogP contribution in [-0.4, -0.2) is 48.6 Å². The molecule has 0 saturated carbocycles. The lowest BCUT2D eigenvalue weighted by Gasteiger charge is -2.25. The Hall–Kier alpha value is -0.690. The van der Waals surface area contributed by atoms with Crippen molar-refractivity contribution in [2.24, 2.45) is 0 Å². The average molecular weight is 258 g/mol. The van der Waals surface area contributed by atoms with Crippen molar-refractivity contribution in [3.63, 3.8) is 0 Å². The number of hydrogen-bond acceptors (Lipinski definition) is 6. The van der Waals surface area contributed by atoms with Crippen LogP contribution in [0.3, 0.4) is 0 Å². The van der Waals surface area contributed by atoms with Crippen LogP contribution in [0, 0.1) is 0 Å². The summed E-state index contributed by atoms with van der Waals surface area (Å²) in [6.45, 7) is 7.61. The summed E-state index contributed by atoms with van der Waals surface area (Å²) in [7, 11) is 0. The van der Waals surface area contributed by atoms with Gasteiger partial charge in [0.05, 0.1) is 6.61 Å². The summed E-state index contributed by atoms with van der Waals surface area (Å²) in [5.41, 5.74) is 0. The molecule has 0 aromatic heterocycles. The number of fused-ring (bicyclic) bond motifs is 1. The fraction of sp³-hybridized carbons (Fsp3) is 0.917. The monoisotopic (exact) mass is 258 g/mol. The molecule has 0 N–H and O–H groups in total. The van der Waals surface area contributed by atoms with Crippen molar-refractivity contribution < 1.29 is 28.5 Å². The van der Waals surface area contributed by atoms with E-state index in [2.05, 4.69) is 0 Å². The fourth-order valence-electron chi connectivity index (χ4n) is 2.64. The van der Waals surface area contributed by atoms with Crippen LogP contribution >= 0.6 is 0 Å². The Balaban J connectivity index is 1.77. The Morgan fingerprint density at radius 2 is 1.72 bits per heavy atom. The first-order valence-corrected chi connectivity index (χ1v) is 6.15. The SMILES string of the molecule is CC1(C)OC2C(=O)OC([C@@H]3COC(C)(C)O3)C2O1. The first-order valence-electron chi connectivity index (χ1n) is 6.15. The lowest BCUT2D eigenvalue weighted by molar-refractivity contribution is -0.200. The summed E-state index contributed by atoms with van der Waals surface area (Å²) in [6, 6.07) is 0. The van der Waals surface area contributed by atoms with Gasteiger partial charge in [-0.05, 0) is 27.7 Å². The highest BCUT2D eigenvalue weighted by atomic mass is 16.8. The maximum absolute atomic E-state index is 11.7. The van der Waals surface area contributed by atoms with E-state index in [1.165, 1.54) is 0 Å². The van der Waals surface area contributed by atoms with Crippen molar-refractivity contribution in [3.05, 3.63) is 0 Å². The van der Waals surface area contributed by atoms with Crippen LogP contribution in [0.25, 0.3) is 0 Å². The zero-order valence-corrected chi connectivity index (χ0v) is 11.0. The lowest BCUT2D eigenvalue weighted by Crippen LogP contribution is -2.40. The quantitative estimate of drug-likeness (QED) is 0.641. The Labute approximate surface area is 105 Å². The van der Waals surface area contributed by atoms with Gasteiger partial charge in [0, 0.05) is 0 Å². The van der Waals surface area contributed by atoms with E-state index in [0.29, 0.717) is 6.61 Å². The van der Waals surface area contributed by atoms with E-state index in [1.807, 2.05) is 13.8 Å². The predicted octanol–water partition coefficient (Wildman–Crippen LogP) is 0.583. The molecule has 0 aliphatic carbocycles. The molecular formula is C12H18O6. The third kappa shape index (κ3) is 1.93. The summed E-state index contributed by atoms with van der Waals surface area (Å²) in [5, 5.41) is 0. The van der Waals surface area contributed by atoms with E-state index >= 15 is 0 Å². The summed E-state index contributed by atoms with van der Waals surface area (Å²) < 4.78 is 27.8. The first-order chi connectivity index (χ1) is 8.27. The van der Waals surface area contributed by atoms with Gasteiger partial charge in [0.15, 0.2) is 23.8 Å². The molecule has 0 radical (unpaired) electrons. The van der Waals surface area contributed by atoms with E-state index < -0.39 is 29.9 Å².